The molecule has 0 bridgehead atoms. The van der Waals surface area contributed by atoms with Crippen molar-refractivity contribution in [2.75, 3.05) is 32.0 Å². The van der Waals surface area contributed by atoms with Crippen LogP contribution in [0.15, 0.2) is 52.1 Å². The summed E-state index contributed by atoms with van der Waals surface area (Å²) in [6, 6.07) is 11.1. The molecule has 1 aliphatic rings. The van der Waals surface area contributed by atoms with E-state index in [0.717, 1.165) is 11.3 Å². The van der Waals surface area contributed by atoms with Crippen LogP contribution in [0.1, 0.15) is 28.5 Å². The molecular weight excluding hydrogens is 473 g/mol. The van der Waals surface area contributed by atoms with Gasteiger partial charge in [0.15, 0.2) is 11.7 Å². The largest absolute Gasteiger partial charge is 0.459 e. The lowest BCUT2D eigenvalue weighted by molar-refractivity contribution is -0.116. The zero-order chi connectivity index (χ0) is 19.1. The molecule has 1 aromatic heterocycles. The number of fused-ring (bicyclic) bond motifs is 1. The predicted octanol–water partition coefficient (Wildman–Crippen LogP) is 1.92. The molecule has 28 heavy (non-hydrogen) atoms. The van der Waals surface area contributed by atoms with Crippen molar-refractivity contribution < 1.29 is 14.0 Å². The first-order valence-electron chi connectivity index (χ1n) is 8.82. The molecule has 1 aromatic carbocycles. The molecule has 9 heteroatoms. The zero-order valence-electron chi connectivity index (χ0n) is 15.5. The first-order chi connectivity index (χ1) is 13.2. The summed E-state index contributed by atoms with van der Waals surface area (Å²) in [5.41, 5.74) is 1.98. The van der Waals surface area contributed by atoms with E-state index in [2.05, 4.69) is 26.3 Å². The molecule has 150 valence electrons. The van der Waals surface area contributed by atoms with E-state index in [-0.39, 0.29) is 47.5 Å². The van der Waals surface area contributed by atoms with Gasteiger partial charge in [-0.2, -0.15) is 0 Å². The average Bonchev–Trinajstić information content (AvgIpc) is 3.22. The SMILES string of the molecule is CN=C(NCCNC(=O)c1ccco1)NCC1CC(=O)Nc2ccccc21.I. The van der Waals surface area contributed by atoms with Crippen molar-refractivity contribution in [3.05, 3.63) is 54.0 Å². The number of aliphatic imine (C=N–C) groups is 1. The van der Waals surface area contributed by atoms with Gasteiger partial charge < -0.3 is 25.7 Å². The first kappa shape index (κ1) is 21.7. The van der Waals surface area contributed by atoms with E-state index >= 15 is 0 Å². The predicted molar refractivity (Wildman–Crippen MR) is 118 cm³/mol. The fraction of sp³-hybridized carbons (Fsp3) is 0.316. The van der Waals surface area contributed by atoms with E-state index in [1.54, 1.807) is 19.2 Å². The van der Waals surface area contributed by atoms with Crippen LogP contribution in [0.4, 0.5) is 5.69 Å². The minimum Gasteiger partial charge on any atom is -0.459 e. The Morgan fingerprint density at radius 3 is 2.71 bits per heavy atom. The molecule has 3 rings (SSSR count). The fourth-order valence-electron chi connectivity index (χ4n) is 2.98. The van der Waals surface area contributed by atoms with Gasteiger partial charge in [-0.05, 0) is 23.8 Å². The molecule has 4 N–H and O–H groups in total. The Bertz CT molecular complexity index is 823. The van der Waals surface area contributed by atoms with Crippen molar-refractivity contribution in [2.45, 2.75) is 12.3 Å². The number of nitrogens with zero attached hydrogens (tertiary/aromatic N) is 1. The van der Waals surface area contributed by atoms with E-state index in [1.165, 1.54) is 6.26 Å². The maximum atomic E-state index is 11.9. The second kappa shape index (κ2) is 10.7. The van der Waals surface area contributed by atoms with Gasteiger partial charge in [0.1, 0.15) is 0 Å². The molecule has 2 amide bonds. The van der Waals surface area contributed by atoms with Gasteiger partial charge in [-0.15, -0.1) is 24.0 Å². The van der Waals surface area contributed by atoms with Crippen molar-refractivity contribution in [1.82, 2.24) is 16.0 Å². The Kier molecular flexibility index (Phi) is 8.30. The number of carbonyl (C=O) groups is 2. The highest BCUT2D eigenvalue weighted by Gasteiger charge is 2.24. The monoisotopic (exact) mass is 497 g/mol. The van der Waals surface area contributed by atoms with Gasteiger partial charge in [-0.25, -0.2) is 0 Å². The molecule has 2 aromatic rings. The van der Waals surface area contributed by atoms with Crippen molar-refractivity contribution >= 4 is 47.4 Å². The topological polar surface area (TPSA) is 108 Å². The van der Waals surface area contributed by atoms with E-state index in [4.69, 9.17) is 4.42 Å². The summed E-state index contributed by atoms with van der Waals surface area (Å²) >= 11 is 0. The van der Waals surface area contributed by atoms with Crippen LogP contribution >= 0.6 is 24.0 Å². The number of rotatable bonds is 6. The number of nitrogens with one attached hydrogen (secondary N) is 4. The van der Waals surface area contributed by atoms with Crippen LogP contribution in [-0.4, -0.2) is 44.5 Å². The van der Waals surface area contributed by atoms with Gasteiger partial charge in [0.2, 0.25) is 5.91 Å². The highest BCUT2D eigenvalue weighted by Crippen LogP contribution is 2.31. The maximum Gasteiger partial charge on any atom is 0.287 e. The molecule has 0 saturated heterocycles. The van der Waals surface area contributed by atoms with Crippen molar-refractivity contribution in [2.24, 2.45) is 4.99 Å². The van der Waals surface area contributed by atoms with Crippen LogP contribution in [0.3, 0.4) is 0 Å². The van der Waals surface area contributed by atoms with Crippen LogP contribution < -0.4 is 21.3 Å². The lowest BCUT2D eigenvalue weighted by atomic mass is 9.90. The average molecular weight is 497 g/mol. The second-order valence-corrected chi connectivity index (χ2v) is 6.15. The number of benzene rings is 1. The normalized spacial score (nSPS) is 15.7. The van der Waals surface area contributed by atoms with Gasteiger partial charge in [0.05, 0.1) is 6.26 Å². The summed E-state index contributed by atoms with van der Waals surface area (Å²) < 4.78 is 5.04. The summed E-state index contributed by atoms with van der Waals surface area (Å²) in [6.45, 7) is 1.52. The van der Waals surface area contributed by atoms with Crippen LogP contribution in [0.5, 0.6) is 0 Å². The highest BCUT2D eigenvalue weighted by atomic mass is 127. The third-order valence-electron chi connectivity index (χ3n) is 4.29. The maximum absolute atomic E-state index is 11.9. The number of amides is 2. The summed E-state index contributed by atoms with van der Waals surface area (Å²) in [4.78, 5) is 27.9. The molecule has 0 aliphatic carbocycles. The Morgan fingerprint density at radius 1 is 1.18 bits per heavy atom. The minimum absolute atomic E-state index is 0. The number of carbonyl (C=O) groups excluding carboxylic acids is 2. The molecule has 0 fully saturated rings. The Labute approximate surface area is 180 Å². The van der Waals surface area contributed by atoms with E-state index < -0.39 is 0 Å². The molecule has 2 heterocycles. The van der Waals surface area contributed by atoms with E-state index in [1.807, 2.05) is 24.3 Å². The molecule has 1 unspecified atom stereocenters. The Morgan fingerprint density at radius 2 is 1.96 bits per heavy atom. The van der Waals surface area contributed by atoms with Crippen molar-refractivity contribution in [1.29, 1.82) is 0 Å². The second-order valence-electron chi connectivity index (χ2n) is 6.15. The van der Waals surface area contributed by atoms with Gasteiger partial charge in [0, 0.05) is 44.7 Å². The quantitative estimate of drug-likeness (QED) is 0.211. The smallest absolute Gasteiger partial charge is 0.287 e. The molecule has 0 saturated carbocycles. The van der Waals surface area contributed by atoms with Gasteiger partial charge in [-0.1, -0.05) is 18.2 Å². The molecule has 1 atom stereocenters. The minimum atomic E-state index is -0.255. The fourth-order valence-corrected chi connectivity index (χ4v) is 2.98. The van der Waals surface area contributed by atoms with Crippen LogP contribution in [0, 0.1) is 0 Å². The van der Waals surface area contributed by atoms with E-state index in [9.17, 15) is 9.59 Å². The standard InChI is InChI=1S/C19H23N5O3.HI/c1-20-19(22-9-8-21-18(26)16-7-4-10-27-16)23-12-13-11-17(25)24-15-6-3-2-5-14(13)15;/h2-7,10,13H,8-9,11-12H2,1H3,(H,21,26)(H,24,25)(H2,20,22,23);1H. The third-order valence-corrected chi connectivity index (χ3v) is 4.29. The van der Waals surface area contributed by atoms with Crippen LogP contribution in [-0.2, 0) is 4.79 Å². The highest BCUT2D eigenvalue weighted by molar-refractivity contribution is 14.0. The number of anilines is 1. The van der Waals surface area contributed by atoms with Crippen molar-refractivity contribution in [3.8, 4) is 0 Å². The molecule has 1 aliphatic heterocycles. The number of guanidine groups is 1. The van der Waals surface area contributed by atoms with E-state index in [0.29, 0.717) is 32.0 Å². The summed E-state index contributed by atoms with van der Waals surface area (Å²) in [5, 5.41) is 12.0. The molecule has 0 spiro atoms. The van der Waals surface area contributed by atoms with Crippen molar-refractivity contribution in [3.63, 3.8) is 0 Å². The molecule has 8 nitrogen and oxygen atoms in total. The van der Waals surface area contributed by atoms with Gasteiger partial charge in [0.25, 0.3) is 5.91 Å². The lowest BCUT2D eigenvalue weighted by Crippen LogP contribution is -2.43. The van der Waals surface area contributed by atoms with Gasteiger partial charge in [-0.3, -0.25) is 14.6 Å². The Hall–Kier alpha value is -2.56. The Balaban J connectivity index is 0.00000280. The van der Waals surface area contributed by atoms with Crippen LogP contribution in [0.2, 0.25) is 0 Å². The number of hydrogen-bond acceptors (Lipinski definition) is 4. The number of halogens is 1. The van der Waals surface area contributed by atoms with Gasteiger partial charge >= 0.3 is 0 Å². The molecular formula is C19H24IN5O3. The number of para-hydroxylation sites is 1. The third kappa shape index (κ3) is 5.72. The summed E-state index contributed by atoms with van der Waals surface area (Å²) in [6.07, 6.45) is 1.89. The summed E-state index contributed by atoms with van der Waals surface area (Å²) in [5.74, 6) is 0.739. The number of hydrogen-bond donors (Lipinski definition) is 4. The number of furan rings is 1. The zero-order valence-corrected chi connectivity index (χ0v) is 17.9. The molecule has 0 radical (unpaired) electrons. The lowest BCUT2D eigenvalue weighted by Gasteiger charge is -2.26. The van der Waals surface area contributed by atoms with Crippen LogP contribution in [0.25, 0.3) is 0 Å². The first-order valence-corrected chi connectivity index (χ1v) is 8.82. The summed E-state index contributed by atoms with van der Waals surface area (Å²) in [7, 11) is 1.68.